The number of fused-ring (bicyclic) bond motifs is 3. The first-order chi connectivity index (χ1) is 8.42. The quantitative estimate of drug-likeness (QED) is 0.615. The molecule has 6 aliphatic rings. The maximum atomic E-state index is 12.5. The Morgan fingerprint density at radius 3 is 2.72 bits per heavy atom. The van der Waals surface area contributed by atoms with Gasteiger partial charge in [0.15, 0.2) is 5.78 Å². The number of esters is 1. The maximum absolute atomic E-state index is 12.5. The van der Waals surface area contributed by atoms with Crippen molar-refractivity contribution in [2.24, 2.45) is 28.6 Å². The molecule has 0 unspecified atom stereocenters. The van der Waals surface area contributed by atoms with Gasteiger partial charge in [-0.15, -0.1) is 0 Å². The smallest absolute Gasteiger partial charge is 0.313 e. The molecule has 0 aromatic heterocycles. The molecule has 1 aliphatic heterocycles. The van der Waals surface area contributed by atoms with E-state index in [0.717, 1.165) is 18.4 Å². The van der Waals surface area contributed by atoms with Gasteiger partial charge in [-0.3, -0.25) is 9.59 Å². The Hall–Kier alpha value is -1.12. The van der Waals surface area contributed by atoms with Crippen LogP contribution >= 0.6 is 0 Å². The van der Waals surface area contributed by atoms with Crippen LogP contribution in [0.25, 0.3) is 0 Å². The fraction of sp³-hybridized carbons (Fsp3) is 0.733. The molecule has 96 valence electrons. The fourth-order valence-electron chi connectivity index (χ4n) is 5.50. The van der Waals surface area contributed by atoms with Gasteiger partial charge in [0.1, 0.15) is 6.10 Å². The maximum Gasteiger partial charge on any atom is 0.313 e. The highest BCUT2D eigenvalue weighted by Crippen LogP contribution is 2.79. The molecule has 0 radical (unpaired) electrons. The van der Waals surface area contributed by atoms with Crippen molar-refractivity contribution in [3.8, 4) is 0 Å². The fourth-order valence-corrected chi connectivity index (χ4v) is 5.50. The molecular weight excluding hydrogens is 228 g/mol. The summed E-state index contributed by atoms with van der Waals surface area (Å²) in [6.07, 6.45) is 3.66. The highest BCUT2D eigenvalue weighted by Gasteiger charge is 2.86. The van der Waals surface area contributed by atoms with Gasteiger partial charge in [-0.05, 0) is 31.3 Å². The van der Waals surface area contributed by atoms with Crippen molar-refractivity contribution in [1.29, 1.82) is 0 Å². The van der Waals surface area contributed by atoms with Crippen LogP contribution in [0, 0.1) is 28.6 Å². The Kier molecular flexibility index (Phi) is 1.63. The zero-order chi connectivity index (χ0) is 12.9. The summed E-state index contributed by atoms with van der Waals surface area (Å²) < 4.78 is 5.61. The lowest BCUT2D eigenvalue weighted by molar-refractivity contribution is -0.180. The van der Waals surface area contributed by atoms with Gasteiger partial charge in [-0.25, -0.2) is 0 Å². The summed E-state index contributed by atoms with van der Waals surface area (Å²) in [4.78, 5) is 24.7. The van der Waals surface area contributed by atoms with E-state index in [0.29, 0.717) is 0 Å². The molecule has 3 nitrogen and oxygen atoms in total. The number of carbonyl (C=O) groups is 2. The van der Waals surface area contributed by atoms with Crippen LogP contribution in [-0.2, 0) is 14.3 Å². The Morgan fingerprint density at radius 1 is 1.33 bits per heavy atom. The van der Waals surface area contributed by atoms with Crippen molar-refractivity contribution in [3.05, 3.63) is 11.6 Å². The van der Waals surface area contributed by atoms with E-state index in [1.165, 1.54) is 0 Å². The Bertz CT molecular complexity index is 516. The van der Waals surface area contributed by atoms with Crippen LogP contribution in [0.15, 0.2) is 11.6 Å². The third-order valence-electron chi connectivity index (χ3n) is 6.07. The SMILES string of the molecule is C/C1=C/CC[C@@]23C(=O)O[C@H]4[C@@H]2[C@@H](C1=O)[C@H]3C4(C)C. The van der Waals surface area contributed by atoms with Gasteiger partial charge < -0.3 is 4.74 Å². The van der Waals surface area contributed by atoms with Crippen LogP contribution < -0.4 is 0 Å². The number of rotatable bonds is 0. The molecule has 6 rings (SSSR count). The molecule has 5 atom stereocenters. The van der Waals surface area contributed by atoms with E-state index in [9.17, 15) is 9.59 Å². The topological polar surface area (TPSA) is 43.4 Å². The minimum Gasteiger partial charge on any atom is -0.461 e. The van der Waals surface area contributed by atoms with Gasteiger partial charge in [0, 0.05) is 17.3 Å². The summed E-state index contributed by atoms with van der Waals surface area (Å²) in [6, 6.07) is 0. The number of allylic oxidation sites excluding steroid dienone is 2. The molecule has 1 heterocycles. The van der Waals surface area contributed by atoms with Crippen molar-refractivity contribution < 1.29 is 14.3 Å². The summed E-state index contributed by atoms with van der Waals surface area (Å²) in [5, 5.41) is 0. The van der Waals surface area contributed by atoms with Crippen molar-refractivity contribution >= 4 is 11.8 Å². The Labute approximate surface area is 107 Å². The third kappa shape index (κ3) is 0.799. The standard InChI is InChI=1S/C15H18O3/c1-7-5-4-6-15-9-8(10(7)16)11(15)14(2,3)12(9)18-13(15)17/h5,8-9,11-12H,4,6H2,1-3H3/b7-5-/t8-,9-,11-,12-,15+/m0/s1. The summed E-state index contributed by atoms with van der Waals surface area (Å²) in [7, 11) is 0. The average Bonchev–Trinajstić information content (AvgIpc) is 2.69. The Balaban J connectivity index is 1.91. The predicted octanol–water partition coefficient (Wildman–Crippen LogP) is 2.11. The van der Waals surface area contributed by atoms with E-state index in [1.807, 2.05) is 13.0 Å². The second-order valence-corrected chi connectivity index (χ2v) is 7.01. The van der Waals surface area contributed by atoms with Crippen molar-refractivity contribution in [1.82, 2.24) is 0 Å². The first kappa shape index (κ1) is 10.8. The molecule has 1 spiro atoms. The van der Waals surface area contributed by atoms with Gasteiger partial charge in [0.05, 0.1) is 5.41 Å². The van der Waals surface area contributed by atoms with Crippen molar-refractivity contribution in [2.75, 3.05) is 0 Å². The molecule has 0 amide bonds. The average molecular weight is 246 g/mol. The number of hydrogen-bond acceptors (Lipinski definition) is 3. The predicted molar refractivity (Wildman–Crippen MR) is 64.6 cm³/mol. The van der Waals surface area contributed by atoms with Gasteiger partial charge in [0.2, 0.25) is 0 Å². The zero-order valence-corrected chi connectivity index (χ0v) is 11.0. The second kappa shape index (κ2) is 2.73. The molecule has 3 saturated carbocycles. The summed E-state index contributed by atoms with van der Waals surface area (Å²) in [5.74, 6) is 0.625. The molecule has 0 N–H and O–H groups in total. The lowest BCUT2D eigenvalue weighted by Crippen LogP contribution is -2.59. The van der Waals surface area contributed by atoms with Crippen LogP contribution in [0.3, 0.4) is 0 Å². The summed E-state index contributed by atoms with van der Waals surface area (Å²) in [6.45, 7) is 6.24. The lowest BCUT2D eigenvalue weighted by Gasteiger charge is -2.53. The number of ketones is 1. The molecule has 1 saturated heterocycles. The summed E-state index contributed by atoms with van der Waals surface area (Å²) in [5.41, 5.74) is 0.525. The molecule has 0 aromatic rings. The molecule has 0 aromatic carbocycles. The van der Waals surface area contributed by atoms with E-state index in [-0.39, 0.29) is 46.4 Å². The van der Waals surface area contributed by atoms with Gasteiger partial charge in [-0.2, -0.15) is 0 Å². The molecular formula is C15H18O3. The van der Waals surface area contributed by atoms with Crippen LogP contribution in [0.5, 0.6) is 0 Å². The summed E-state index contributed by atoms with van der Waals surface area (Å²) >= 11 is 0. The lowest BCUT2D eigenvalue weighted by atomic mass is 9.46. The molecule has 5 bridgehead atoms. The van der Waals surface area contributed by atoms with Crippen LogP contribution in [0.1, 0.15) is 33.6 Å². The van der Waals surface area contributed by atoms with Crippen LogP contribution in [0.2, 0.25) is 0 Å². The van der Waals surface area contributed by atoms with Gasteiger partial charge in [0.25, 0.3) is 0 Å². The minimum atomic E-state index is -0.328. The van der Waals surface area contributed by atoms with Gasteiger partial charge in [-0.1, -0.05) is 19.9 Å². The highest BCUT2D eigenvalue weighted by molar-refractivity contribution is 6.01. The second-order valence-electron chi connectivity index (χ2n) is 7.01. The van der Waals surface area contributed by atoms with E-state index in [4.69, 9.17) is 4.74 Å². The highest BCUT2D eigenvalue weighted by atomic mass is 16.6. The van der Waals surface area contributed by atoms with Gasteiger partial charge >= 0.3 is 5.97 Å². The largest absolute Gasteiger partial charge is 0.461 e. The number of carbonyl (C=O) groups excluding carboxylic acids is 2. The number of hydrogen-bond donors (Lipinski definition) is 0. The molecule has 18 heavy (non-hydrogen) atoms. The first-order valence-corrected chi connectivity index (χ1v) is 6.84. The monoisotopic (exact) mass is 246 g/mol. The van der Waals surface area contributed by atoms with E-state index in [1.54, 1.807) is 0 Å². The normalized spacial score (nSPS) is 54.1. The molecule has 4 fully saturated rings. The first-order valence-electron chi connectivity index (χ1n) is 6.84. The van der Waals surface area contributed by atoms with Crippen molar-refractivity contribution in [2.45, 2.75) is 39.7 Å². The van der Waals surface area contributed by atoms with Crippen molar-refractivity contribution in [3.63, 3.8) is 0 Å². The zero-order valence-electron chi connectivity index (χ0n) is 11.0. The molecule has 5 aliphatic carbocycles. The Morgan fingerprint density at radius 2 is 2.06 bits per heavy atom. The number of ether oxygens (including phenoxy) is 1. The number of Topliss-reactive ketones (excluding diaryl/α,β-unsaturated/α-hetero) is 1. The van der Waals surface area contributed by atoms with E-state index in [2.05, 4.69) is 13.8 Å². The van der Waals surface area contributed by atoms with Crippen LogP contribution in [-0.4, -0.2) is 17.9 Å². The molecule has 3 heteroatoms. The van der Waals surface area contributed by atoms with E-state index >= 15 is 0 Å². The van der Waals surface area contributed by atoms with Crippen LogP contribution in [0.4, 0.5) is 0 Å². The minimum absolute atomic E-state index is 0.0289. The third-order valence-corrected chi connectivity index (χ3v) is 6.07. The van der Waals surface area contributed by atoms with E-state index < -0.39 is 0 Å².